The molecule has 248 valence electrons. The quantitative estimate of drug-likeness (QED) is 0.166. The van der Waals surface area contributed by atoms with Crippen LogP contribution >= 0.6 is 0 Å². The van der Waals surface area contributed by atoms with E-state index in [9.17, 15) is 22.4 Å². The zero-order valence-corrected chi connectivity index (χ0v) is 28.0. The van der Waals surface area contributed by atoms with E-state index in [1.807, 2.05) is 58.0 Å². The number of amides is 2. The number of hydrogen-bond donors (Lipinski definition) is 1. The topological polar surface area (TPSA) is 96.0 Å². The van der Waals surface area contributed by atoms with Crippen molar-refractivity contribution in [1.29, 1.82) is 0 Å². The van der Waals surface area contributed by atoms with Crippen LogP contribution in [0.2, 0.25) is 0 Å². The second-order valence-corrected chi connectivity index (χ2v) is 13.6. The molecular formula is C37H42FN3O5S. The minimum Gasteiger partial charge on any atom is -0.494 e. The average molecular weight is 660 g/mol. The summed E-state index contributed by atoms with van der Waals surface area (Å²) in [5.74, 6) is -0.714. The van der Waals surface area contributed by atoms with E-state index in [4.69, 9.17) is 4.74 Å². The fraction of sp³-hybridized carbons (Fsp3) is 0.297. The number of nitrogens with one attached hydrogen (secondary N) is 1. The van der Waals surface area contributed by atoms with Crippen molar-refractivity contribution in [2.45, 2.75) is 51.6 Å². The predicted molar refractivity (Wildman–Crippen MR) is 182 cm³/mol. The first-order valence-corrected chi connectivity index (χ1v) is 17.1. The van der Waals surface area contributed by atoms with Gasteiger partial charge < -0.3 is 15.0 Å². The van der Waals surface area contributed by atoms with Crippen molar-refractivity contribution in [3.8, 4) is 5.75 Å². The van der Waals surface area contributed by atoms with Gasteiger partial charge in [0.05, 0.1) is 17.2 Å². The first-order chi connectivity index (χ1) is 22.5. The number of benzene rings is 4. The molecule has 0 radical (unpaired) electrons. The van der Waals surface area contributed by atoms with Crippen LogP contribution in [0.15, 0.2) is 108 Å². The normalized spacial score (nSPS) is 12.0. The molecule has 2 amide bonds. The standard InChI is InChI=1S/C37H42FN3O5S/c1-5-46-33-19-21-34(22-20-33)47(44,45)41(32-17-11-28(4)12-18-32)26-36(42)40(25-30-13-15-31(38)16-14-30)35(37(43)39-24-27(2)3)23-29-9-7-6-8-10-29/h6-22,27,35H,5,23-26H2,1-4H3,(H,39,43)/t35-/m1/s1. The van der Waals surface area contributed by atoms with Gasteiger partial charge in [-0.25, -0.2) is 12.8 Å². The number of ether oxygens (including phenoxy) is 1. The zero-order valence-electron chi connectivity index (χ0n) is 27.2. The van der Waals surface area contributed by atoms with Crippen molar-refractivity contribution in [1.82, 2.24) is 10.2 Å². The van der Waals surface area contributed by atoms with Gasteiger partial charge >= 0.3 is 0 Å². The number of sulfonamides is 1. The largest absolute Gasteiger partial charge is 0.494 e. The molecule has 0 heterocycles. The van der Waals surface area contributed by atoms with Gasteiger partial charge in [-0.3, -0.25) is 13.9 Å². The van der Waals surface area contributed by atoms with Gasteiger partial charge in [-0.1, -0.05) is 74.0 Å². The molecule has 4 rings (SSSR count). The molecule has 0 fully saturated rings. The molecule has 1 N–H and O–H groups in total. The Balaban J connectivity index is 1.78. The Bertz CT molecular complexity index is 1710. The third-order valence-corrected chi connectivity index (χ3v) is 9.33. The molecule has 8 nitrogen and oxygen atoms in total. The third kappa shape index (κ3) is 9.65. The number of anilines is 1. The van der Waals surface area contributed by atoms with E-state index < -0.39 is 34.3 Å². The van der Waals surface area contributed by atoms with Crippen LogP contribution in [0.1, 0.15) is 37.5 Å². The van der Waals surface area contributed by atoms with Gasteiger partial charge in [0.2, 0.25) is 11.8 Å². The zero-order chi connectivity index (χ0) is 34.0. The first-order valence-electron chi connectivity index (χ1n) is 15.7. The molecule has 0 aliphatic heterocycles. The highest BCUT2D eigenvalue weighted by atomic mass is 32.2. The van der Waals surface area contributed by atoms with E-state index in [2.05, 4.69) is 5.32 Å². The van der Waals surface area contributed by atoms with E-state index in [1.165, 1.54) is 29.2 Å². The molecule has 47 heavy (non-hydrogen) atoms. The van der Waals surface area contributed by atoms with Crippen LogP contribution in [-0.4, -0.2) is 50.9 Å². The molecule has 0 unspecified atom stereocenters. The van der Waals surface area contributed by atoms with Crippen LogP contribution in [0.5, 0.6) is 5.75 Å². The molecule has 1 atom stereocenters. The maximum atomic E-state index is 14.5. The number of nitrogens with zero attached hydrogens (tertiary/aromatic N) is 2. The fourth-order valence-electron chi connectivity index (χ4n) is 5.00. The Morgan fingerprint density at radius 2 is 1.49 bits per heavy atom. The highest BCUT2D eigenvalue weighted by molar-refractivity contribution is 7.92. The highest BCUT2D eigenvalue weighted by Gasteiger charge is 2.34. The predicted octanol–water partition coefficient (Wildman–Crippen LogP) is 6.14. The van der Waals surface area contributed by atoms with Crippen molar-refractivity contribution in [2.24, 2.45) is 5.92 Å². The maximum absolute atomic E-state index is 14.5. The summed E-state index contributed by atoms with van der Waals surface area (Å²) < 4.78 is 48.8. The maximum Gasteiger partial charge on any atom is 0.264 e. The van der Waals surface area contributed by atoms with Crippen molar-refractivity contribution >= 4 is 27.5 Å². The van der Waals surface area contributed by atoms with E-state index in [0.29, 0.717) is 30.2 Å². The van der Waals surface area contributed by atoms with Crippen molar-refractivity contribution in [2.75, 3.05) is 24.0 Å². The van der Waals surface area contributed by atoms with Crippen LogP contribution < -0.4 is 14.4 Å². The van der Waals surface area contributed by atoms with Gasteiger partial charge in [0.1, 0.15) is 24.2 Å². The van der Waals surface area contributed by atoms with E-state index in [0.717, 1.165) is 15.4 Å². The van der Waals surface area contributed by atoms with Crippen LogP contribution in [0.3, 0.4) is 0 Å². The first kappa shape index (κ1) is 35.2. The highest BCUT2D eigenvalue weighted by Crippen LogP contribution is 2.27. The molecule has 0 spiro atoms. The molecule has 0 aliphatic rings. The fourth-order valence-corrected chi connectivity index (χ4v) is 6.42. The molecular weight excluding hydrogens is 617 g/mol. The minimum atomic E-state index is -4.25. The van der Waals surface area contributed by atoms with Gasteiger partial charge in [0.15, 0.2) is 0 Å². The summed E-state index contributed by atoms with van der Waals surface area (Å²) in [6, 6.07) is 26.9. The SMILES string of the molecule is CCOc1ccc(S(=O)(=O)N(CC(=O)N(Cc2ccc(F)cc2)[C@H](Cc2ccccc2)C(=O)NCC(C)C)c2ccc(C)cc2)cc1. The lowest BCUT2D eigenvalue weighted by molar-refractivity contribution is -0.140. The summed E-state index contributed by atoms with van der Waals surface area (Å²) in [5.41, 5.74) is 2.63. The summed E-state index contributed by atoms with van der Waals surface area (Å²) >= 11 is 0. The Morgan fingerprint density at radius 3 is 2.09 bits per heavy atom. The van der Waals surface area contributed by atoms with Crippen molar-refractivity contribution < 1.29 is 27.1 Å². The number of hydrogen-bond acceptors (Lipinski definition) is 5. The number of rotatable bonds is 15. The van der Waals surface area contributed by atoms with E-state index >= 15 is 0 Å². The summed E-state index contributed by atoms with van der Waals surface area (Å²) in [6.07, 6.45) is 0.188. The van der Waals surface area contributed by atoms with E-state index in [1.54, 1.807) is 48.5 Å². The summed E-state index contributed by atoms with van der Waals surface area (Å²) in [4.78, 5) is 29.7. The summed E-state index contributed by atoms with van der Waals surface area (Å²) in [5, 5.41) is 2.96. The second-order valence-electron chi connectivity index (χ2n) is 11.7. The lowest BCUT2D eigenvalue weighted by Crippen LogP contribution is -2.53. The van der Waals surface area contributed by atoms with Gasteiger partial charge in [0, 0.05) is 19.5 Å². The minimum absolute atomic E-state index is 0.0186. The number of halogens is 1. The third-order valence-electron chi connectivity index (χ3n) is 7.55. The molecule has 0 aromatic heterocycles. The monoisotopic (exact) mass is 659 g/mol. The Morgan fingerprint density at radius 1 is 0.851 bits per heavy atom. The number of carbonyl (C=O) groups excluding carboxylic acids is 2. The molecule has 0 saturated heterocycles. The number of carbonyl (C=O) groups is 2. The van der Waals surface area contributed by atoms with Crippen LogP contribution in [0, 0.1) is 18.7 Å². The van der Waals surface area contributed by atoms with E-state index in [-0.39, 0.29) is 29.7 Å². The lowest BCUT2D eigenvalue weighted by Gasteiger charge is -2.34. The van der Waals surface area contributed by atoms with Gasteiger partial charge in [-0.15, -0.1) is 0 Å². The Hall–Kier alpha value is -4.70. The molecule has 4 aromatic carbocycles. The van der Waals surface area contributed by atoms with Crippen molar-refractivity contribution in [3.63, 3.8) is 0 Å². The molecule has 0 saturated carbocycles. The van der Waals surface area contributed by atoms with Crippen LogP contribution in [-0.2, 0) is 32.6 Å². The van der Waals surface area contributed by atoms with Gasteiger partial charge in [-0.2, -0.15) is 0 Å². The van der Waals surface area contributed by atoms with Crippen molar-refractivity contribution in [3.05, 3.63) is 126 Å². The van der Waals surface area contributed by atoms with Gasteiger partial charge in [-0.05, 0) is 79.4 Å². The molecule has 10 heteroatoms. The van der Waals surface area contributed by atoms with Crippen LogP contribution in [0.4, 0.5) is 10.1 Å². The average Bonchev–Trinajstić information content (AvgIpc) is 3.06. The number of aryl methyl sites for hydroxylation is 1. The summed E-state index contributed by atoms with van der Waals surface area (Å²) in [7, 11) is -4.25. The second kappa shape index (κ2) is 16.2. The molecule has 0 aliphatic carbocycles. The smallest absolute Gasteiger partial charge is 0.264 e. The Labute approximate surface area is 277 Å². The lowest BCUT2D eigenvalue weighted by atomic mass is 10.0. The molecule has 4 aromatic rings. The summed E-state index contributed by atoms with van der Waals surface area (Å²) in [6.45, 7) is 7.85. The molecule has 0 bridgehead atoms. The van der Waals surface area contributed by atoms with Crippen LogP contribution in [0.25, 0.3) is 0 Å². The van der Waals surface area contributed by atoms with Gasteiger partial charge in [0.25, 0.3) is 10.0 Å². The Kier molecular flexibility index (Phi) is 12.1.